The Kier molecular flexibility index (Phi) is 10.9. The molecule has 1 aromatic heterocycles. The van der Waals surface area contributed by atoms with E-state index in [4.69, 9.17) is 0 Å². The molecule has 0 unspecified atom stereocenters. The second-order valence-electron chi connectivity index (χ2n) is 6.96. The number of dihydropyridines is 1. The number of aromatic nitrogens is 1. The summed E-state index contributed by atoms with van der Waals surface area (Å²) in [5.41, 5.74) is 5.92. The normalized spacial score (nSPS) is 15.1. The summed E-state index contributed by atoms with van der Waals surface area (Å²) in [7, 11) is 4.17. The van der Waals surface area contributed by atoms with Gasteiger partial charge in [0.05, 0.1) is 6.54 Å². The van der Waals surface area contributed by atoms with Gasteiger partial charge in [-0.05, 0) is 75.6 Å². The zero-order valence-corrected chi connectivity index (χ0v) is 18.7. The van der Waals surface area contributed by atoms with E-state index in [9.17, 15) is 0 Å². The number of nitrogens with one attached hydrogen (secondary N) is 1. The maximum atomic E-state index is 4.42. The van der Waals surface area contributed by atoms with Gasteiger partial charge in [-0.15, -0.1) is 0 Å². The van der Waals surface area contributed by atoms with Crippen LogP contribution in [0, 0.1) is 0 Å². The van der Waals surface area contributed by atoms with Crippen molar-refractivity contribution in [1.29, 1.82) is 0 Å². The molecule has 1 aliphatic rings. The fourth-order valence-corrected chi connectivity index (χ4v) is 2.71. The van der Waals surface area contributed by atoms with E-state index in [1.807, 2.05) is 20.8 Å². The van der Waals surface area contributed by atoms with Crippen LogP contribution in [0.3, 0.4) is 0 Å². The van der Waals surface area contributed by atoms with Crippen molar-refractivity contribution in [3.05, 3.63) is 65.9 Å². The lowest BCUT2D eigenvalue weighted by Crippen LogP contribution is -2.11. The lowest BCUT2D eigenvalue weighted by Gasteiger charge is -2.04. The van der Waals surface area contributed by atoms with Crippen molar-refractivity contribution in [2.24, 2.45) is 4.99 Å². The van der Waals surface area contributed by atoms with Gasteiger partial charge >= 0.3 is 0 Å². The highest BCUT2D eigenvalue weighted by molar-refractivity contribution is 5.94. The Hall–Kier alpha value is -2.39. The van der Waals surface area contributed by atoms with Crippen molar-refractivity contribution < 1.29 is 0 Å². The minimum Gasteiger partial charge on any atom is -0.355 e. The minimum atomic E-state index is 0.777. The standard InChI is InChI=1S/C18H18N2.C5H13N.C2H6/c1-13(7-9-15-10-8-14(2)19-12-15)18-11-16-5-3-4-6-17(16)20-18;1-4-5-6(2)3;1-2/h3-11,20H,12H2,1-2H3;4-5H2,1-3H3;1-2H3/b13-7+,15-9-;;. The van der Waals surface area contributed by atoms with E-state index in [0.717, 1.165) is 12.3 Å². The van der Waals surface area contributed by atoms with Crippen LogP contribution in [0.1, 0.15) is 46.7 Å². The number of aliphatic imine (C=N–C) groups is 1. The van der Waals surface area contributed by atoms with E-state index in [1.165, 1.54) is 40.7 Å². The molecular weight excluding hydrogens is 342 g/mol. The summed E-state index contributed by atoms with van der Waals surface area (Å²) in [6, 6.07) is 10.5. The summed E-state index contributed by atoms with van der Waals surface area (Å²) in [4.78, 5) is 10.0. The number of hydrogen-bond donors (Lipinski definition) is 1. The van der Waals surface area contributed by atoms with E-state index in [2.05, 4.69) is 97.5 Å². The molecule has 0 saturated heterocycles. The maximum Gasteiger partial charge on any atom is 0.0642 e. The van der Waals surface area contributed by atoms with Crippen molar-refractivity contribution in [3.63, 3.8) is 0 Å². The van der Waals surface area contributed by atoms with Gasteiger partial charge in [0, 0.05) is 16.9 Å². The Labute approximate surface area is 171 Å². The molecule has 28 heavy (non-hydrogen) atoms. The topological polar surface area (TPSA) is 31.4 Å². The molecule has 0 atom stereocenters. The molecule has 0 amide bonds. The number of fused-ring (bicyclic) bond motifs is 1. The molecule has 2 heterocycles. The van der Waals surface area contributed by atoms with Crippen LogP contribution in [-0.4, -0.2) is 42.8 Å². The lowest BCUT2D eigenvalue weighted by molar-refractivity contribution is 0.408. The summed E-state index contributed by atoms with van der Waals surface area (Å²) < 4.78 is 0. The highest BCUT2D eigenvalue weighted by Gasteiger charge is 2.01. The Morgan fingerprint density at radius 1 is 1.18 bits per heavy atom. The highest BCUT2D eigenvalue weighted by atomic mass is 15.0. The largest absolute Gasteiger partial charge is 0.355 e. The third-order valence-corrected chi connectivity index (χ3v) is 4.22. The van der Waals surface area contributed by atoms with Crippen molar-refractivity contribution in [2.45, 2.75) is 41.0 Å². The number of para-hydroxylation sites is 1. The minimum absolute atomic E-state index is 0.777. The monoisotopic (exact) mass is 379 g/mol. The van der Waals surface area contributed by atoms with Crippen molar-refractivity contribution >= 4 is 22.2 Å². The van der Waals surface area contributed by atoms with Crippen molar-refractivity contribution in [3.8, 4) is 0 Å². The van der Waals surface area contributed by atoms with Gasteiger partial charge in [-0.3, -0.25) is 4.99 Å². The van der Waals surface area contributed by atoms with Crippen LogP contribution in [0.15, 0.2) is 65.2 Å². The van der Waals surface area contributed by atoms with E-state index >= 15 is 0 Å². The van der Waals surface area contributed by atoms with Crippen molar-refractivity contribution in [2.75, 3.05) is 27.2 Å². The average Bonchev–Trinajstić information content (AvgIpc) is 3.14. The SMILES string of the molecule is CC.CC1=NC/C(=C\C=C(/C)c2cc3ccccc3[nH]2)C=C1.CCCN(C)C. The first-order chi connectivity index (χ1) is 13.5. The molecule has 0 bridgehead atoms. The molecule has 1 N–H and O–H groups in total. The fraction of sp³-hybridized carbons (Fsp3) is 0.400. The van der Waals surface area contributed by atoms with Crippen LogP contribution >= 0.6 is 0 Å². The Morgan fingerprint density at radius 3 is 2.43 bits per heavy atom. The number of aromatic amines is 1. The maximum absolute atomic E-state index is 4.42. The Bertz CT molecular complexity index is 799. The lowest BCUT2D eigenvalue weighted by atomic mass is 10.1. The fourth-order valence-electron chi connectivity index (χ4n) is 2.71. The summed E-state index contributed by atoms with van der Waals surface area (Å²) in [5, 5.41) is 1.25. The highest BCUT2D eigenvalue weighted by Crippen LogP contribution is 2.20. The van der Waals surface area contributed by atoms with E-state index in [-0.39, 0.29) is 0 Å². The molecule has 3 rings (SSSR count). The molecule has 152 valence electrons. The van der Waals surface area contributed by atoms with Crippen LogP contribution in [0.25, 0.3) is 16.5 Å². The van der Waals surface area contributed by atoms with Crippen LogP contribution in [-0.2, 0) is 0 Å². The van der Waals surface area contributed by atoms with E-state index < -0.39 is 0 Å². The summed E-state index contributed by atoms with van der Waals surface area (Å²) in [6.45, 7) is 12.3. The molecule has 2 aromatic rings. The van der Waals surface area contributed by atoms with Gasteiger partial charge in [0.1, 0.15) is 0 Å². The smallest absolute Gasteiger partial charge is 0.0642 e. The third-order valence-electron chi connectivity index (χ3n) is 4.22. The number of hydrogen-bond acceptors (Lipinski definition) is 2. The Balaban J connectivity index is 0.000000422. The number of nitrogens with zero attached hydrogens (tertiary/aromatic N) is 2. The number of H-pyrrole nitrogens is 1. The van der Waals surface area contributed by atoms with Gasteiger partial charge < -0.3 is 9.88 Å². The molecule has 1 aliphatic heterocycles. The predicted octanol–water partition coefficient (Wildman–Crippen LogP) is 6.51. The van der Waals surface area contributed by atoms with Gasteiger partial charge in [-0.1, -0.05) is 57.2 Å². The Morgan fingerprint density at radius 2 is 1.89 bits per heavy atom. The summed E-state index contributed by atoms with van der Waals surface area (Å²) >= 11 is 0. The van der Waals surface area contributed by atoms with Gasteiger partial charge in [0.25, 0.3) is 0 Å². The predicted molar refractivity (Wildman–Crippen MR) is 127 cm³/mol. The number of rotatable bonds is 4. The first-order valence-electron chi connectivity index (χ1n) is 10.3. The molecule has 0 spiro atoms. The summed E-state index contributed by atoms with van der Waals surface area (Å²) in [5.74, 6) is 0. The molecule has 0 aliphatic carbocycles. The van der Waals surface area contributed by atoms with Gasteiger partial charge in [0.2, 0.25) is 0 Å². The zero-order chi connectivity index (χ0) is 20.9. The molecule has 1 aromatic carbocycles. The molecular formula is C25H37N3. The second kappa shape index (κ2) is 12.9. The van der Waals surface area contributed by atoms with Gasteiger partial charge in [-0.2, -0.15) is 0 Å². The number of allylic oxidation sites excluding steroid dienone is 4. The van der Waals surface area contributed by atoms with E-state index in [0.29, 0.717) is 0 Å². The second-order valence-corrected chi connectivity index (χ2v) is 6.96. The quantitative estimate of drug-likeness (QED) is 0.645. The van der Waals surface area contributed by atoms with Crippen LogP contribution in [0.5, 0.6) is 0 Å². The number of benzene rings is 1. The molecule has 0 radical (unpaired) electrons. The molecule has 0 saturated carbocycles. The third kappa shape index (κ3) is 8.10. The van der Waals surface area contributed by atoms with Crippen LogP contribution in [0.4, 0.5) is 0 Å². The van der Waals surface area contributed by atoms with Gasteiger partial charge in [-0.25, -0.2) is 0 Å². The average molecular weight is 380 g/mol. The van der Waals surface area contributed by atoms with Gasteiger partial charge in [0.15, 0.2) is 0 Å². The van der Waals surface area contributed by atoms with Crippen LogP contribution in [0.2, 0.25) is 0 Å². The van der Waals surface area contributed by atoms with E-state index in [1.54, 1.807) is 0 Å². The first kappa shape index (κ1) is 23.6. The molecule has 3 nitrogen and oxygen atoms in total. The zero-order valence-electron chi connectivity index (χ0n) is 18.7. The van der Waals surface area contributed by atoms with Crippen molar-refractivity contribution in [1.82, 2.24) is 9.88 Å². The first-order valence-corrected chi connectivity index (χ1v) is 10.3. The van der Waals surface area contributed by atoms with Crippen LogP contribution < -0.4 is 0 Å². The summed E-state index contributed by atoms with van der Waals surface area (Å²) in [6.07, 6.45) is 9.75. The molecule has 0 fully saturated rings. The molecule has 3 heteroatoms.